The minimum Gasteiger partial charge on any atom is -0.338 e. The Morgan fingerprint density at radius 2 is 1.65 bits per heavy atom. The highest BCUT2D eigenvalue weighted by molar-refractivity contribution is 7.89. The number of hydrogen-bond acceptors (Lipinski definition) is 3. The zero-order valence-corrected chi connectivity index (χ0v) is 13.6. The van der Waals surface area contributed by atoms with E-state index in [2.05, 4.69) is 10.6 Å². The van der Waals surface area contributed by atoms with Crippen LogP contribution in [-0.2, 0) is 16.4 Å². The molecule has 2 aromatic carbocycles. The number of urea groups is 1. The first-order chi connectivity index (χ1) is 10.8. The van der Waals surface area contributed by atoms with Crippen molar-refractivity contribution in [1.82, 2.24) is 5.32 Å². The van der Waals surface area contributed by atoms with E-state index in [0.717, 1.165) is 12.0 Å². The van der Waals surface area contributed by atoms with Crippen LogP contribution in [0.1, 0.15) is 11.1 Å². The fourth-order valence-corrected chi connectivity index (χ4v) is 2.49. The predicted octanol–water partition coefficient (Wildman–Crippen LogP) is 2.01. The minimum atomic E-state index is -3.72. The summed E-state index contributed by atoms with van der Waals surface area (Å²) in [4.78, 5) is 11.8. The molecule has 23 heavy (non-hydrogen) atoms. The molecule has 4 N–H and O–H groups in total. The van der Waals surface area contributed by atoms with Gasteiger partial charge in [0.1, 0.15) is 0 Å². The Labute approximate surface area is 135 Å². The number of rotatable bonds is 5. The Hall–Kier alpha value is -2.38. The Bertz CT molecular complexity index is 769. The largest absolute Gasteiger partial charge is 0.338 e. The number of nitrogens with one attached hydrogen (secondary N) is 2. The molecule has 0 aliphatic heterocycles. The van der Waals surface area contributed by atoms with Crippen molar-refractivity contribution in [2.45, 2.75) is 18.2 Å². The predicted molar refractivity (Wildman–Crippen MR) is 89.7 cm³/mol. The van der Waals surface area contributed by atoms with Gasteiger partial charge in [0.05, 0.1) is 4.90 Å². The molecule has 0 aliphatic rings. The van der Waals surface area contributed by atoms with Crippen molar-refractivity contribution in [3.05, 3.63) is 59.7 Å². The average Bonchev–Trinajstić information content (AvgIpc) is 2.49. The number of anilines is 1. The summed E-state index contributed by atoms with van der Waals surface area (Å²) in [5.74, 6) is 0. The van der Waals surface area contributed by atoms with Crippen molar-refractivity contribution in [3.8, 4) is 0 Å². The van der Waals surface area contributed by atoms with Crippen LogP contribution in [-0.4, -0.2) is 21.0 Å². The number of primary sulfonamides is 1. The van der Waals surface area contributed by atoms with Gasteiger partial charge in [-0.2, -0.15) is 0 Å². The summed E-state index contributed by atoms with van der Waals surface area (Å²) in [6.45, 7) is 2.53. The van der Waals surface area contributed by atoms with Crippen LogP contribution >= 0.6 is 0 Å². The highest BCUT2D eigenvalue weighted by atomic mass is 32.2. The van der Waals surface area contributed by atoms with Crippen LogP contribution in [0.2, 0.25) is 0 Å². The van der Waals surface area contributed by atoms with Crippen LogP contribution in [0.4, 0.5) is 10.5 Å². The van der Waals surface area contributed by atoms with Crippen molar-refractivity contribution >= 4 is 21.7 Å². The highest BCUT2D eigenvalue weighted by Crippen LogP contribution is 2.12. The van der Waals surface area contributed by atoms with Gasteiger partial charge in [-0.3, -0.25) is 0 Å². The van der Waals surface area contributed by atoms with E-state index < -0.39 is 10.0 Å². The Morgan fingerprint density at radius 3 is 2.22 bits per heavy atom. The molecule has 0 saturated heterocycles. The molecule has 2 aromatic rings. The van der Waals surface area contributed by atoms with E-state index >= 15 is 0 Å². The lowest BCUT2D eigenvalue weighted by Crippen LogP contribution is -2.30. The third-order valence-electron chi connectivity index (χ3n) is 3.26. The first-order valence-electron chi connectivity index (χ1n) is 7.08. The van der Waals surface area contributed by atoms with Crippen molar-refractivity contribution in [1.29, 1.82) is 0 Å². The van der Waals surface area contributed by atoms with Gasteiger partial charge in [0.15, 0.2) is 0 Å². The highest BCUT2D eigenvalue weighted by Gasteiger charge is 2.07. The molecule has 0 unspecified atom stereocenters. The maximum Gasteiger partial charge on any atom is 0.319 e. The monoisotopic (exact) mass is 333 g/mol. The normalized spacial score (nSPS) is 11.0. The van der Waals surface area contributed by atoms with Crippen molar-refractivity contribution in [2.75, 3.05) is 11.9 Å². The zero-order chi connectivity index (χ0) is 16.9. The molecule has 2 rings (SSSR count). The summed E-state index contributed by atoms with van der Waals surface area (Å²) >= 11 is 0. The lowest BCUT2D eigenvalue weighted by molar-refractivity contribution is 0.252. The number of carbonyl (C=O) groups excluding carboxylic acids is 1. The molecule has 7 heteroatoms. The number of sulfonamides is 1. The van der Waals surface area contributed by atoms with E-state index in [1.165, 1.54) is 29.8 Å². The summed E-state index contributed by atoms with van der Waals surface area (Å²) in [6.07, 6.45) is 0.734. The first-order valence-corrected chi connectivity index (χ1v) is 8.62. The average molecular weight is 333 g/mol. The molecule has 0 fully saturated rings. The standard InChI is InChI=1S/C16H19N3O3S/c1-12-2-4-13(5-3-12)10-11-18-16(20)19-14-6-8-15(9-7-14)23(17,21)22/h2-9H,10-11H2,1H3,(H2,17,21,22)(H2,18,19,20). The molecule has 0 heterocycles. The van der Waals surface area contributed by atoms with Gasteiger partial charge in [0, 0.05) is 12.2 Å². The van der Waals surface area contributed by atoms with Gasteiger partial charge >= 0.3 is 6.03 Å². The number of hydrogen-bond donors (Lipinski definition) is 3. The van der Waals surface area contributed by atoms with Gasteiger partial charge in [-0.1, -0.05) is 29.8 Å². The smallest absolute Gasteiger partial charge is 0.319 e. The van der Waals surface area contributed by atoms with Crippen LogP contribution in [0.5, 0.6) is 0 Å². The van der Waals surface area contributed by atoms with Gasteiger partial charge in [-0.05, 0) is 43.2 Å². The maximum absolute atomic E-state index is 11.8. The molecule has 0 atom stereocenters. The first kappa shape index (κ1) is 17.0. The second kappa shape index (κ2) is 7.26. The third kappa shape index (κ3) is 5.39. The second-order valence-electron chi connectivity index (χ2n) is 5.19. The molecule has 0 saturated carbocycles. The number of benzene rings is 2. The topological polar surface area (TPSA) is 101 Å². The fraction of sp³-hybridized carbons (Fsp3) is 0.188. The molecule has 6 nitrogen and oxygen atoms in total. The van der Waals surface area contributed by atoms with Gasteiger partial charge in [-0.25, -0.2) is 18.4 Å². The van der Waals surface area contributed by atoms with Crippen molar-refractivity contribution < 1.29 is 13.2 Å². The molecule has 2 amide bonds. The quantitative estimate of drug-likeness (QED) is 0.780. The summed E-state index contributed by atoms with van der Waals surface area (Å²) in [7, 11) is -3.72. The van der Waals surface area contributed by atoms with Gasteiger partial charge in [0.2, 0.25) is 10.0 Å². The molecule has 0 aromatic heterocycles. The van der Waals surface area contributed by atoms with E-state index in [0.29, 0.717) is 12.2 Å². The molecule has 0 bridgehead atoms. The van der Waals surface area contributed by atoms with Crippen LogP contribution in [0, 0.1) is 6.92 Å². The summed E-state index contributed by atoms with van der Waals surface area (Å²) in [5.41, 5.74) is 2.83. The fourth-order valence-electron chi connectivity index (χ4n) is 1.98. The van der Waals surface area contributed by atoms with Crippen molar-refractivity contribution in [2.24, 2.45) is 5.14 Å². The SMILES string of the molecule is Cc1ccc(CCNC(=O)Nc2ccc(S(N)(=O)=O)cc2)cc1. The van der Waals surface area contributed by atoms with Gasteiger partial charge < -0.3 is 10.6 Å². The number of amides is 2. The van der Waals surface area contributed by atoms with Gasteiger partial charge in [-0.15, -0.1) is 0 Å². The summed E-state index contributed by atoms with van der Waals surface area (Å²) in [6, 6.07) is 13.4. The Balaban J connectivity index is 1.81. The molecular weight excluding hydrogens is 314 g/mol. The second-order valence-corrected chi connectivity index (χ2v) is 6.75. The van der Waals surface area contributed by atoms with E-state index in [4.69, 9.17) is 5.14 Å². The van der Waals surface area contributed by atoms with E-state index in [1.807, 2.05) is 31.2 Å². The number of aryl methyl sites for hydroxylation is 1. The van der Waals surface area contributed by atoms with Crippen LogP contribution in [0.3, 0.4) is 0 Å². The number of nitrogens with two attached hydrogens (primary N) is 1. The van der Waals surface area contributed by atoms with Crippen molar-refractivity contribution in [3.63, 3.8) is 0 Å². The summed E-state index contributed by atoms with van der Waals surface area (Å²) < 4.78 is 22.3. The van der Waals surface area contributed by atoms with Crippen LogP contribution in [0.15, 0.2) is 53.4 Å². The van der Waals surface area contributed by atoms with E-state index in [-0.39, 0.29) is 10.9 Å². The minimum absolute atomic E-state index is 0.00262. The molecular formula is C16H19N3O3S. The van der Waals surface area contributed by atoms with Crippen LogP contribution < -0.4 is 15.8 Å². The van der Waals surface area contributed by atoms with E-state index in [1.54, 1.807) is 0 Å². The van der Waals surface area contributed by atoms with Gasteiger partial charge in [0.25, 0.3) is 0 Å². The molecule has 0 radical (unpaired) electrons. The third-order valence-corrected chi connectivity index (χ3v) is 4.19. The zero-order valence-electron chi connectivity index (χ0n) is 12.7. The Morgan fingerprint density at radius 1 is 1.04 bits per heavy atom. The van der Waals surface area contributed by atoms with E-state index in [9.17, 15) is 13.2 Å². The molecule has 0 spiro atoms. The lowest BCUT2D eigenvalue weighted by atomic mass is 10.1. The van der Waals surface area contributed by atoms with Crippen LogP contribution in [0.25, 0.3) is 0 Å². The molecule has 0 aliphatic carbocycles. The summed E-state index contributed by atoms with van der Waals surface area (Å²) in [5, 5.41) is 10.4. The molecule has 122 valence electrons. The number of carbonyl (C=O) groups is 1. The maximum atomic E-state index is 11.8. The Kier molecular flexibility index (Phi) is 5.36. The lowest BCUT2D eigenvalue weighted by Gasteiger charge is -2.08.